The molecule has 0 aromatic heterocycles. The number of likely N-dealkylation sites (N-methyl/N-ethyl adjacent to an activating group) is 1. The van der Waals surface area contributed by atoms with E-state index in [9.17, 15) is 0 Å². The third-order valence-corrected chi connectivity index (χ3v) is 4.26. The Morgan fingerprint density at radius 1 is 1.33 bits per heavy atom. The van der Waals surface area contributed by atoms with Crippen molar-refractivity contribution in [2.75, 3.05) is 25.0 Å². The second kappa shape index (κ2) is 5.31. The molecule has 1 heterocycles. The van der Waals surface area contributed by atoms with E-state index in [0.717, 1.165) is 12.5 Å². The van der Waals surface area contributed by atoms with Crippen molar-refractivity contribution >= 4 is 5.69 Å². The molecule has 1 aromatic rings. The largest absolute Gasteiger partial charge is 0.374 e. The Hall–Kier alpha value is -1.02. The van der Waals surface area contributed by atoms with Crippen molar-refractivity contribution in [3.05, 3.63) is 29.3 Å². The van der Waals surface area contributed by atoms with E-state index in [1.165, 1.54) is 62.0 Å². The van der Waals surface area contributed by atoms with Gasteiger partial charge in [0.2, 0.25) is 0 Å². The van der Waals surface area contributed by atoms with Crippen LogP contribution in [0.5, 0.6) is 0 Å². The van der Waals surface area contributed by atoms with Gasteiger partial charge in [-0.15, -0.1) is 0 Å². The summed E-state index contributed by atoms with van der Waals surface area (Å²) >= 11 is 0. The van der Waals surface area contributed by atoms with E-state index in [1.807, 2.05) is 0 Å². The van der Waals surface area contributed by atoms with Crippen molar-refractivity contribution in [2.45, 2.75) is 38.6 Å². The van der Waals surface area contributed by atoms with Crippen LogP contribution in [0.2, 0.25) is 0 Å². The molecule has 0 spiro atoms. The Kier molecular flexibility index (Phi) is 3.55. The number of rotatable bonds is 6. The quantitative estimate of drug-likeness (QED) is 0.774. The van der Waals surface area contributed by atoms with E-state index < -0.39 is 0 Å². The summed E-state index contributed by atoms with van der Waals surface area (Å²) in [4.78, 5) is 2.35. The number of benzene rings is 1. The van der Waals surface area contributed by atoms with Gasteiger partial charge in [0.25, 0.3) is 0 Å². The molecule has 0 saturated heterocycles. The van der Waals surface area contributed by atoms with Crippen LogP contribution in [0.4, 0.5) is 5.69 Å². The van der Waals surface area contributed by atoms with Gasteiger partial charge >= 0.3 is 0 Å². The molecule has 2 nitrogen and oxygen atoms in total. The summed E-state index contributed by atoms with van der Waals surface area (Å²) in [6.45, 7) is 3.38. The summed E-state index contributed by atoms with van der Waals surface area (Å²) < 4.78 is 0. The van der Waals surface area contributed by atoms with Gasteiger partial charge in [0.05, 0.1) is 0 Å². The van der Waals surface area contributed by atoms with E-state index in [0.29, 0.717) is 0 Å². The molecule has 2 aliphatic rings. The number of hydrogen-bond donors (Lipinski definition) is 1. The van der Waals surface area contributed by atoms with Gasteiger partial charge < -0.3 is 10.2 Å². The summed E-state index contributed by atoms with van der Waals surface area (Å²) in [6.07, 6.45) is 6.96. The number of anilines is 1. The maximum atomic E-state index is 3.57. The molecular formula is C16H24N2. The van der Waals surface area contributed by atoms with Crippen LogP contribution in [0.3, 0.4) is 0 Å². The van der Waals surface area contributed by atoms with Crippen LogP contribution in [0.25, 0.3) is 0 Å². The summed E-state index contributed by atoms with van der Waals surface area (Å²) in [5.74, 6) is 1.07. The maximum absolute atomic E-state index is 3.57. The summed E-state index contributed by atoms with van der Waals surface area (Å²) in [6, 6.07) is 6.94. The van der Waals surface area contributed by atoms with Crippen LogP contribution in [-0.4, -0.2) is 20.1 Å². The van der Waals surface area contributed by atoms with Gasteiger partial charge in [-0.3, -0.25) is 0 Å². The molecule has 0 unspecified atom stereocenters. The molecule has 1 fully saturated rings. The molecular weight excluding hydrogens is 220 g/mol. The number of nitrogens with zero attached hydrogens (tertiary/aromatic N) is 1. The summed E-state index contributed by atoms with van der Waals surface area (Å²) in [5.41, 5.74) is 4.39. The fourth-order valence-electron chi connectivity index (χ4n) is 2.89. The highest BCUT2D eigenvalue weighted by atomic mass is 15.1. The fourth-order valence-corrected chi connectivity index (χ4v) is 2.89. The predicted octanol–water partition coefficient (Wildman–Crippen LogP) is 2.96. The van der Waals surface area contributed by atoms with Crippen molar-refractivity contribution in [1.82, 2.24) is 5.32 Å². The van der Waals surface area contributed by atoms with Crippen molar-refractivity contribution in [1.29, 1.82) is 0 Å². The molecule has 3 rings (SSSR count). The zero-order chi connectivity index (χ0) is 12.4. The SMILES string of the molecule is CN1CCc2cc(CNCCCC3CC3)ccc21. The smallest absolute Gasteiger partial charge is 0.0397 e. The Bertz CT molecular complexity index is 410. The first-order valence-corrected chi connectivity index (χ1v) is 7.36. The van der Waals surface area contributed by atoms with Gasteiger partial charge in [-0.25, -0.2) is 0 Å². The lowest BCUT2D eigenvalue weighted by Gasteiger charge is -2.12. The predicted molar refractivity (Wildman–Crippen MR) is 77.1 cm³/mol. The van der Waals surface area contributed by atoms with Crippen LogP contribution in [0, 0.1) is 5.92 Å². The van der Waals surface area contributed by atoms with Crippen molar-refractivity contribution in [3.63, 3.8) is 0 Å². The minimum Gasteiger partial charge on any atom is -0.374 e. The molecule has 18 heavy (non-hydrogen) atoms. The first-order valence-electron chi connectivity index (χ1n) is 7.36. The Morgan fingerprint density at radius 2 is 2.22 bits per heavy atom. The van der Waals surface area contributed by atoms with Crippen LogP contribution in [0.15, 0.2) is 18.2 Å². The topological polar surface area (TPSA) is 15.3 Å². The lowest BCUT2D eigenvalue weighted by molar-refractivity contribution is 0.594. The molecule has 2 heteroatoms. The molecule has 1 aromatic carbocycles. The Labute approximate surface area is 110 Å². The van der Waals surface area contributed by atoms with Crippen molar-refractivity contribution in [2.24, 2.45) is 5.92 Å². The van der Waals surface area contributed by atoms with E-state index in [4.69, 9.17) is 0 Å². The highest BCUT2D eigenvalue weighted by Gasteiger charge is 2.19. The molecule has 0 amide bonds. The van der Waals surface area contributed by atoms with Gasteiger partial charge in [0.15, 0.2) is 0 Å². The van der Waals surface area contributed by atoms with Gasteiger partial charge in [-0.05, 0) is 48.9 Å². The molecule has 98 valence electrons. The molecule has 0 atom stereocenters. The van der Waals surface area contributed by atoms with E-state index >= 15 is 0 Å². The van der Waals surface area contributed by atoms with E-state index in [1.54, 1.807) is 0 Å². The lowest BCUT2D eigenvalue weighted by Crippen LogP contribution is -2.15. The van der Waals surface area contributed by atoms with E-state index in [2.05, 4.69) is 35.5 Å². The van der Waals surface area contributed by atoms with Crippen LogP contribution < -0.4 is 10.2 Å². The first-order chi connectivity index (χ1) is 8.83. The van der Waals surface area contributed by atoms with Gasteiger partial charge in [0.1, 0.15) is 0 Å². The maximum Gasteiger partial charge on any atom is 0.0397 e. The molecule has 1 aliphatic heterocycles. The number of fused-ring (bicyclic) bond motifs is 1. The average Bonchev–Trinajstić information content (AvgIpc) is 3.13. The second-order valence-electron chi connectivity index (χ2n) is 5.90. The zero-order valence-corrected chi connectivity index (χ0v) is 11.4. The summed E-state index contributed by atoms with van der Waals surface area (Å²) in [5, 5.41) is 3.57. The van der Waals surface area contributed by atoms with E-state index in [-0.39, 0.29) is 0 Å². The van der Waals surface area contributed by atoms with Gasteiger partial charge in [-0.2, -0.15) is 0 Å². The highest BCUT2D eigenvalue weighted by molar-refractivity contribution is 5.58. The number of nitrogens with one attached hydrogen (secondary N) is 1. The van der Waals surface area contributed by atoms with Crippen LogP contribution in [0.1, 0.15) is 36.8 Å². The highest BCUT2D eigenvalue weighted by Crippen LogP contribution is 2.33. The minimum absolute atomic E-state index is 1.03. The molecule has 1 saturated carbocycles. The molecule has 0 radical (unpaired) electrons. The Balaban J connectivity index is 1.44. The zero-order valence-electron chi connectivity index (χ0n) is 11.4. The average molecular weight is 244 g/mol. The molecule has 1 aliphatic carbocycles. The van der Waals surface area contributed by atoms with Crippen LogP contribution >= 0.6 is 0 Å². The second-order valence-corrected chi connectivity index (χ2v) is 5.90. The van der Waals surface area contributed by atoms with Crippen LogP contribution in [-0.2, 0) is 13.0 Å². The normalized spacial score (nSPS) is 18.2. The molecule has 1 N–H and O–H groups in total. The summed E-state index contributed by atoms with van der Waals surface area (Å²) in [7, 11) is 2.18. The monoisotopic (exact) mass is 244 g/mol. The third kappa shape index (κ3) is 2.86. The van der Waals surface area contributed by atoms with Gasteiger partial charge in [-0.1, -0.05) is 25.0 Å². The first kappa shape index (κ1) is 12.0. The van der Waals surface area contributed by atoms with Crippen molar-refractivity contribution < 1.29 is 0 Å². The molecule has 0 bridgehead atoms. The third-order valence-electron chi connectivity index (χ3n) is 4.26. The number of hydrogen-bond acceptors (Lipinski definition) is 2. The lowest BCUT2D eigenvalue weighted by atomic mass is 10.1. The minimum atomic E-state index is 1.03. The standard InChI is InChI=1S/C16H24N2/c1-18-10-8-15-11-14(6-7-16(15)18)12-17-9-2-3-13-4-5-13/h6-7,11,13,17H,2-5,8-10,12H2,1H3. The van der Waals surface area contributed by atoms with Crippen molar-refractivity contribution in [3.8, 4) is 0 Å². The fraction of sp³-hybridized carbons (Fsp3) is 0.625. The Morgan fingerprint density at radius 3 is 3.06 bits per heavy atom. The van der Waals surface area contributed by atoms with Gasteiger partial charge in [0, 0.05) is 25.8 Å².